The van der Waals surface area contributed by atoms with Crippen LogP contribution in [0.2, 0.25) is 0 Å². The van der Waals surface area contributed by atoms with Crippen LogP contribution >= 0.6 is 0 Å². The molecule has 2 aromatic carbocycles. The number of rotatable bonds is 8. The van der Waals surface area contributed by atoms with Gasteiger partial charge < -0.3 is 29.4 Å². The van der Waals surface area contributed by atoms with E-state index in [1.165, 1.54) is 4.90 Å². The van der Waals surface area contributed by atoms with Gasteiger partial charge in [0.05, 0.1) is 18.4 Å². The minimum atomic E-state index is -3.92. The fraction of sp³-hybridized carbons (Fsp3) is 0.556. The van der Waals surface area contributed by atoms with Gasteiger partial charge >= 0.3 is 6.08 Å². The summed E-state index contributed by atoms with van der Waals surface area (Å²) in [5, 5.41) is 6.36. The lowest BCUT2D eigenvalue weighted by molar-refractivity contribution is -0.140. The summed E-state index contributed by atoms with van der Waals surface area (Å²) in [5.41, 5.74) is 0.507. The number of hydrogen-bond acceptors (Lipinski definition) is 10. The Bertz CT molecular complexity index is 1840. The summed E-state index contributed by atoms with van der Waals surface area (Å²) in [5.74, 6) is -1.07. The quantitative estimate of drug-likeness (QED) is 0.307. The van der Waals surface area contributed by atoms with Crippen LogP contribution in [0.15, 0.2) is 52.9 Å². The molecule has 268 valence electrons. The third-order valence-electron chi connectivity index (χ3n) is 10.8. The maximum Gasteiger partial charge on any atom is 0.394 e. The van der Waals surface area contributed by atoms with E-state index in [0.29, 0.717) is 54.6 Å². The molecule has 3 amide bonds. The van der Waals surface area contributed by atoms with Crippen molar-refractivity contribution in [1.82, 2.24) is 19.9 Å². The van der Waals surface area contributed by atoms with Gasteiger partial charge in [-0.15, -0.1) is 0 Å². The van der Waals surface area contributed by atoms with Gasteiger partial charge in [0.1, 0.15) is 35.0 Å². The molecule has 50 heavy (non-hydrogen) atoms. The van der Waals surface area contributed by atoms with Crippen LogP contribution in [0.1, 0.15) is 77.6 Å². The number of hydrogen-bond donors (Lipinski definition) is 3. The number of methoxy groups -OCH3 is 1. The van der Waals surface area contributed by atoms with Crippen LogP contribution in [-0.2, 0) is 24.4 Å². The number of aromatic nitrogens is 1. The van der Waals surface area contributed by atoms with Crippen LogP contribution in [0, 0.1) is 5.92 Å². The molecule has 0 bridgehead atoms. The number of sulfonamides is 1. The van der Waals surface area contributed by atoms with Crippen LogP contribution < -0.4 is 24.8 Å². The Morgan fingerprint density at radius 3 is 2.56 bits per heavy atom. The third-order valence-corrected chi connectivity index (χ3v) is 13.0. The topological polar surface area (TPSA) is 169 Å². The van der Waals surface area contributed by atoms with Gasteiger partial charge in [-0.05, 0) is 69.2 Å². The Labute approximate surface area is 291 Å². The molecule has 3 aromatic rings. The zero-order valence-electron chi connectivity index (χ0n) is 28.5. The standard InChI is InChI=1S/C36H45N5O8S/c1-35(17-18-35)50(45,46)40-33(44)36-21-23(36)11-6-4-3-5-7-15-28(37-24-12-10-13-25(19-24)47-2)32(43)41-22-26(20-29(41)31(42)39-36)48-34-38-27-14-8-9-16-30(27)49-34/h8-10,12-14,16,19,23,26,28-29,37H,3-7,11,15,17-18,20-22H2,1-2H3,(H,39,42)(H,40,44)/t23-,26-,28+,29+,36-/m1/s1. The largest absolute Gasteiger partial charge is 0.497 e. The molecule has 0 radical (unpaired) electrons. The average Bonchev–Trinajstić information content (AvgIpc) is 3.90. The van der Waals surface area contributed by atoms with Gasteiger partial charge in [-0.1, -0.05) is 50.3 Å². The normalized spacial score (nSPS) is 28.3. The zero-order valence-corrected chi connectivity index (χ0v) is 29.3. The number of para-hydroxylation sites is 2. The molecule has 2 aliphatic carbocycles. The molecule has 4 fully saturated rings. The number of nitrogens with zero attached hydrogens (tertiary/aromatic N) is 2. The number of ether oxygens (including phenoxy) is 2. The second-order valence-electron chi connectivity index (χ2n) is 14.4. The van der Waals surface area contributed by atoms with E-state index >= 15 is 0 Å². The van der Waals surface area contributed by atoms with Crippen molar-refractivity contribution < 1.29 is 36.7 Å². The lowest BCUT2D eigenvalue weighted by atomic mass is 10.0. The number of fused-ring (bicyclic) bond motifs is 3. The lowest BCUT2D eigenvalue weighted by Gasteiger charge is -2.30. The van der Waals surface area contributed by atoms with Gasteiger partial charge in [-0.25, -0.2) is 8.42 Å². The van der Waals surface area contributed by atoms with E-state index in [9.17, 15) is 22.8 Å². The van der Waals surface area contributed by atoms with Gasteiger partial charge in [0.25, 0.3) is 5.91 Å². The van der Waals surface area contributed by atoms with Crippen molar-refractivity contribution in [2.45, 2.75) is 106 Å². The van der Waals surface area contributed by atoms with E-state index in [4.69, 9.17) is 13.9 Å². The monoisotopic (exact) mass is 707 g/mol. The molecule has 0 spiro atoms. The Hall–Kier alpha value is -4.33. The predicted molar refractivity (Wildman–Crippen MR) is 185 cm³/mol. The van der Waals surface area contributed by atoms with E-state index in [2.05, 4.69) is 20.3 Å². The molecule has 3 heterocycles. The first-order chi connectivity index (χ1) is 24.0. The van der Waals surface area contributed by atoms with Crippen LogP contribution in [0.4, 0.5) is 5.69 Å². The summed E-state index contributed by atoms with van der Waals surface area (Å²) in [4.78, 5) is 48.6. The summed E-state index contributed by atoms with van der Waals surface area (Å²) in [6, 6.07) is 13.0. The Kier molecular flexibility index (Phi) is 9.16. The highest BCUT2D eigenvalue weighted by molar-refractivity contribution is 7.91. The van der Waals surface area contributed by atoms with Crippen LogP contribution in [0.25, 0.3) is 11.1 Å². The summed E-state index contributed by atoms with van der Waals surface area (Å²) >= 11 is 0. The van der Waals surface area contributed by atoms with Crippen molar-refractivity contribution in [3.05, 3.63) is 48.5 Å². The van der Waals surface area contributed by atoms with Gasteiger partial charge in [0, 0.05) is 18.2 Å². The molecule has 14 heteroatoms. The van der Waals surface area contributed by atoms with Crippen LogP contribution in [0.5, 0.6) is 11.8 Å². The lowest BCUT2D eigenvalue weighted by Crippen LogP contribution is -2.58. The third kappa shape index (κ3) is 6.86. The number of benzene rings is 2. The molecule has 1 aromatic heterocycles. The van der Waals surface area contributed by atoms with E-state index in [0.717, 1.165) is 32.1 Å². The Balaban J connectivity index is 1.18. The minimum Gasteiger partial charge on any atom is -0.497 e. The van der Waals surface area contributed by atoms with E-state index in [-0.39, 0.29) is 30.9 Å². The van der Waals surface area contributed by atoms with E-state index < -0.39 is 50.3 Å². The van der Waals surface area contributed by atoms with Crippen molar-refractivity contribution in [3.63, 3.8) is 0 Å². The van der Waals surface area contributed by atoms with Gasteiger partial charge in [-0.3, -0.25) is 19.1 Å². The summed E-state index contributed by atoms with van der Waals surface area (Å²) < 4.78 is 44.9. The maximum atomic E-state index is 14.5. The SMILES string of the molecule is COc1cccc(N[C@H]2CCCCCCC[C@@H]3C[C@@]3(C(=O)NS(=O)(=O)C3(C)CC3)NC(=O)[C@@H]3C[C@@H](Oc4nc5ccccc5o4)CN3C2=O)c1. The Morgan fingerprint density at radius 2 is 1.80 bits per heavy atom. The smallest absolute Gasteiger partial charge is 0.394 e. The highest BCUT2D eigenvalue weighted by atomic mass is 32.2. The van der Waals surface area contributed by atoms with Crippen molar-refractivity contribution in [2.75, 3.05) is 19.0 Å². The maximum absolute atomic E-state index is 14.5. The molecule has 7 rings (SSSR count). The van der Waals surface area contributed by atoms with Crippen molar-refractivity contribution >= 4 is 44.5 Å². The zero-order chi connectivity index (χ0) is 35.1. The number of oxazole rings is 1. The van der Waals surface area contributed by atoms with Gasteiger partial charge in [0.15, 0.2) is 5.58 Å². The average molecular weight is 708 g/mol. The first-order valence-corrected chi connectivity index (χ1v) is 19.1. The molecular formula is C36H45N5O8S. The number of nitrogens with one attached hydrogen (secondary N) is 3. The van der Waals surface area contributed by atoms with Crippen molar-refractivity contribution in [3.8, 4) is 11.8 Å². The number of amides is 3. The molecule has 13 nitrogen and oxygen atoms in total. The number of carbonyl (C=O) groups excluding carboxylic acids is 3. The fourth-order valence-corrected chi connectivity index (χ4v) is 8.62. The van der Waals surface area contributed by atoms with Crippen LogP contribution in [0.3, 0.4) is 0 Å². The van der Waals surface area contributed by atoms with Crippen molar-refractivity contribution in [1.29, 1.82) is 0 Å². The first kappa shape index (κ1) is 34.1. The van der Waals surface area contributed by atoms with E-state index in [1.54, 1.807) is 26.2 Å². The van der Waals surface area contributed by atoms with E-state index in [1.807, 2.05) is 36.4 Å². The fourth-order valence-electron chi connectivity index (χ4n) is 7.31. The molecule has 3 N–H and O–H groups in total. The minimum absolute atomic E-state index is 0.0368. The molecule has 2 saturated carbocycles. The first-order valence-electron chi connectivity index (χ1n) is 17.6. The van der Waals surface area contributed by atoms with Crippen molar-refractivity contribution in [2.24, 2.45) is 5.92 Å². The highest BCUT2D eigenvalue weighted by Gasteiger charge is 2.63. The highest BCUT2D eigenvalue weighted by Crippen LogP contribution is 2.49. The molecular weight excluding hydrogens is 662 g/mol. The molecule has 2 aliphatic heterocycles. The second-order valence-corrected chi connectivity index (χ2v) is 16.6. The number of anilines is 1. The number of carbonyl (C=O) groups is 3. The summed E-state index contributed by atoms with van der Waals surface area (Å²) in [6.45, 7) is 1.70. The van der Waals surface area contributed by atoms with Gasteiger partial charge in [0.2, 0.25) is 21.8 Å². The van der Waals surface area contributed by atoms with Crippen LogP contribution in [-0.4, -0.2) is 78.2 Å². The van der Waals surface area contributed by atoms with Gasteiger partial charge in [-0.2, -0.15) is 4.98 Å². The summed E-state index contributed by atoms with van der Waals surface area (Å²) in [7, 11) is -2.34. The molecule has 0 unspecified atom stereocenters. The molecule has 2 saturated heterocycles. The second kappa shape index (κ2) is 13.4. The predicted octanol–water partition coefficient (Wildman–Crippen LogP) is 4.28. The Morgan fingerprint density at radius 1 is 1.04 bits per heavy atom. The molecule has 4 aliphatic rings. The molecule has 5 atom stereocenters. The summed E-state index contributed by atoms with van der Waals surface area (Å²) in [6.07, 6.45) is 6.50.